The van der Waals surface area contributed by atoms with Crippen molar-refractivity contribution in [3.63, 3.8) is 0 Å². The molecule has 3 heteroatoms. The molecule has 0 aliphatic carbocycles. The van der Waals surface area contributed by atoms with E-state index >= 15 is 0 Å². The molecule has 1 aliphatic heterocycles. The lowest BCUT2D eigenvalue weighted by molar-refractivity contribution is -0.132. The van der Waals surface area contributed by atoms with Crippen LogP contribution >= 0.6 is 0 Å². The van der Waals surface area contributed by atoms with Crippen LogP contribution in [0, 0.1) is 0 Å². The highest BCUT2D eigenvalue weighted by atomic mass is 16.2. The SMILES string of the molecule is C=CCN(CC)C(=O)[C@H]1CCCN1. The average Bonchev–Trinajstić information content (AvgIpc) is 2.65. The topological polar surface area (TPSA) is 32.3 Å². The summed E-state index contributed by atoms with van der Waals surface area (Å²) in [6, 6.07) is 0.0555. The van der Waals surface area contributed by atoms with Crippen LogP contribution in [0.5, 0.6) is 0 Å². The smallest absolute Gasteiger partial charge is 0.239 e. The summed E-state index contributed by atoms with van der Waals surface area (Å²) in [5, 5.41) is 3.20. The molecule has 1 aliphatic rings. The molecule has 1 atom stereocenters. The van der Waals surface area contributed by atoms with E-state index in [0.29, 0.717) is 6.54 Å². The summed E-state index contributed by atoms with van der Waals surface area (Å²) in [4.78, 5) is 13.6. The van der Waals surface area contributed by atoms with Crippen LogP contribution in [0.25, 0.3) is 0 Å². The fraction of sp³-hybridized carbons (Fsp3) is 0.700. The quantitative estimate of drug-likeness (QED) is 0.651. The van der Waals surface area contributed by atoms with Gasteiger partial charge in [0.05, 0.1) is 6.04 Å². The van der Waals surface area contributed by atoms with E-state index in [0.717, 1.165) is 25.9 Å². The Bertz CT molecular complexity index is 185. The van der Waals surface area contributed by atoms with E-state index in [9.17, 15) is 4.79 Å². The monoisotopic (exact) mass is 182 g/mol. The van der Waals surface area contributed by atoms with Crippen LogP contribution in [-0.2, 0) is 4.79 Å². The van der Waals surface area contributed by atoms with Crippen molar-refractivity contribution in [2.24, 2.45) is 0 Å². The highest BCUT2D eigenvalue weighted by Gasteiger charge is 2.25. The summed E-state index contributed by atoms with van der Waals surface area (Å²) >= 11 is 0. The van der Waals surface area contributed by atoms with E-state index in [-0.39, 0.29) is 11.9 Å². The number of amides is 1. The molecular weight excluding hydrogens is 164 g/mol. The van der Waals surface area contributed by atoms with E-state index in [4.69, 9.17) is 0 Å². The molecule has 1 fully saturated rings. The van der Waals surface area contributed by atoms with Crippen molar-refractivity contribution < 1.29 is 4.79 Å². The maximum Gasteiger partial charge on any atom is 0.239 e. The zero-order valence-electron chi connectivity index (χ0n) is 8.25. The molecule has 0 aromatic rings. The molecule has 1 saturated heterocycles. The lowest BCUT2D eigenvalue weighted by Crippen LogP contribution is -2.43. The van der Waals surface area contributed by atoms with Crippen LogP contribution in [-0.4, -0.2) is 36.5 Å². The summed E-state index contributed by atoms with van der Waals surface area (Å²) < 4.78 is 0. The Hall–Kier alpha value is -0.830. The Morgan fingerprint density at radius 3 is 3.00 bits per heavy atom. The lowest BCUT2D eigenvalue weighted by Gasteiger charge is -2.22. The number of carbonyl (C=O) groups excluding carboxylic acids is 1. The molecule has 3 nitrogen and oxygen atoms in total. The van der Waals surface area contributed by atoms with E-state index in [1.807, 2.05) is 11.8 Å². The van der Waals surface area contributed by atoms with Gasteiger partial charge in [-0.3, -0.25) is 4.79 Å². The number of carbonyl (C=O) groups is 1. The Kier molecular flexibility index (Phi) is 3.96. The maximum absolute atomic E-state index is 11.8. The van der Waals surface area contributed by atoms with Crippen molar-refractivity contribution in [2.75, 3.05) is 19.6 Å². The molecule has 0 unspecified atom stereocenters. The molecule has 13 heavy (non-hydrogen) atoms. The second-order valence-corrected chi connectivity index (χ2v) is 3.31. The summed E-state index contributed by atoms with van der Waals surface area (Å²) in [5.74, 6) is 0.222. The van der Waals surface area contributed by atoms with Crippen molar-refractivity contribution in [1.29, 1.82) is 0 Å². The van der Waals surface area contributed by atoms with E-state index < -0.39 is 0 Å². The summed E-state index contributed by atoms with van der Waals surface area (Å²) in [6.07, 6.45) is 3.87. The standard InChI is InChI=1S/C10H18N2O/c1-3-8-12(4-2)10(13)9-6-5-7-11-9/h3,9,11H,1,4-8H2,2H3/t9-/m1/s1. The summed E-state index contributed by atoms with van der Waals surface area (Å²) in [5.41, 5.74) is 0. The zero-order valence-corrected chi connectivity index (χ0v) is 8.25. The van der Waals surface area contributed by atoms with Crippen molar-refractivity contribution >= 4 is 5.91 Å². The van der Waals surface area contributed by atoms with Gasteiger partial charge < -0.3 is 10.2 Å². The molecule has 1 N–H and O–H groups in total. The van der Waals surface area contributed by atoms with Gasteiger partial charge in [-0.1, -0.05) is 6.08 Å². The Morgan fingerprint density at radius 2 is 2.54 bits per heavy atom. The molecule has 0 spiro atoms. The third kappa shape index (κ3) is 2.56. The van der Waals surface area contributed by atoms with Gasteiger partial charge in [-0.05, 0) is 26.3 Å². The normalized spacial score (nSPS) is 21.5. The molecule has 0 aromatic heterocycles. The first kappa shape index (κ1) is 10.3. The number of rotatable bonds is 4. The van der Waals surface area contributed by atoms with Gasteiger partial charge >= 0.3 is 0 Å². The van der Waals surface area contributed by atoms with Gasteiger partial charge in [-0.15, -0.1) is 6.58 Å². The molecule has 0 radical (unpaired) electrons. The van der Waals surface area contributed by atoms with Crippen LogP contribution in [0.15, 0.2) is 12.7 Å². The predicted octanol–water partition coefficient (Wildman–Crippen LogP) is 0.773. The summed E-state index contributed by atoms with van der Waals surface area (Å²) in [7, 11) is 0. The number of nitrogens with one attached hydrogen (secondary N) is 1. The molecular formula is C10H18N2O. The van der Waals surface area contributed by atoms with Gasteiger partial charge in [0.1, 0.15) is 0 Å². The highest BCUT2D eigenvalue weighted by molar-refractivity contribution is 5.82. The molecule has 0 aromatic carbocycles. The minimum atomic E-state index is 0.0555. The van der Waals surface area contributed by atoms with Gasteiger partial charge in [0, 0.05) is 13.1 Å². The Morgan fingerprint density at radius 1 is 1.77 bits per heavy atom. The number of likely N-dealkylation sites (N-methyl/N-ethyl adjacent to an activating group) is 1. The molecule has 0 bridgehead atoms. The number of hydrogen-bond acceptors (Lipinski definition) is 2. The van der Waals surface area contributed by atoms with Crippen molar-refractivity contribution in [2.45, 2.75) is 25.8 Å². The van der Waals surface area contributed by atoms with Crippen LogP contribution in [0.2, 0.25) is 0 Å². The minimum absolute atomic E-state index is 0.0555. The Labute approximate surface area is 79.8 Å². The second-order valence-electron chi connectivity index (χ2n) is 3.31. The highest BCUT2D eigenvalue weighted by Crippen LogP contribution is 2.08. The lowest BCUT2D eigenvalue weighted by atomic mass is 10.2. The molecule has 74 valence electrons. The molecule has 1 heterocycles. The fourth-order valence-corrected chi connectivity index (χ4v) is 1.65. The first-order valence-corrected chi connectivity index (χ1v) is 4.92. The second kappa shape index (κ2) is 5.02. The third-order valence-electron chi connectivity index (χ3n) is 2.40. The van der Waals surface area contributed by atoms with Crippen molar-refractivity contribution in [3.05, 3.63) is 12.7 Å². The van der Waals surface area contributed by atoms with Crippen LogP contribution in [0.3, 0.4) is 0 Å². The summed E-state index contributed by atoms with van der Waals surface area (Å²) in [6.45, 7) is 8.04. The fourth-order valence-electron chi connectivity index (χ4n) is 1.65. The molecule has 0 saturated carbocycles. The van der Waals surface area contributed by atoms with E-state index in [1.165, 1.54) is 0 Å². The molecule has 1 amide bonds. The van der Waals surface area contributed by atoms with Crippen LogP contribution < -0.4 is 5.32 Å². The van der Waals surface area contributed by atoms with Gasteiger partial charge in [-0.25, -0.2) is 0 Å². The largest absolute Gasteiger partial charge is 0.338 e. The number of hydrogen-bond donors (Lipinski definition) is 1. The van der Waals surface area contributed by atoms with Crippen LogP contribution in [0.4, 0.5) is 0 Å². The molecule has 1 rings (SSSR count). The Balaban J connectivity index is 2.46. The zero-order chi connectivity index (χ0) is 9.68. The number of nitrogens with zero attached hydrogens (tertiary/aromatic N) is 1. The maximum atomic E-state index is 11.8. The first-order valence-electron chi connectivity index (χ1n) is 4.92. The van der Waals surface area contributed by atoms with Gasteiger partial charge in [0.25, 0.3) is 0 Å². The minimum Gasteiger partial charge on any atom is -0.338 e. The van der Waals surface area contributed by atoms with Crippen molar-refractivity contribution in [1.82, 2.24) is 10.2 Å². The van der Waals surface area contributed by atoms with Crippen LogP contribution in [0.1, 0.15) is 19.8 Å². The van der Waals surface area contributed by atoms with E-state index in [2.05, 4.69) is 11.9 Å². The van der Waals surface area contributed by atoms with E-state index in [1.54, 1.807) is 6.08 Å². The van der Waals surface area contributed by atoms with Gasteiger partial charge in [0.2, 0.25) is 5.91 Å². The first-order chi connectivity index (χ1) is 6.29. The van der Waals surface area contributed by atoms with Crippen molar-refractivity contribution in [3.8, 4) is 0 Å². The predicted molar refractivity (Wildman–Crippen MR) is 53.5 cm³/mol. The van der Waals surface area contributed by atoms with Gasteiger partial charge in [-0.2, -0.15) is 0 Å². The average molecular weight is 182 g/mol. The van der Waals surface area contributed by atoms with Gasteiger partial charge in [0.15, 0.2) is 0 Å². The third-order valence-corrected chi connectivity index (χ3v) is 2.40.